The normalized spacial score (nSPS) is 10.6. The molecule has 0 atom stereocenters. The van der Waals surface area contributed by atoms with Crippen molar-refractivity contribution < 1.29 is 23.0 Å². The lowest BCUT2D eigenvalue weighted by Gasteiger charge is -2.19. The van der Waals surface area contributed by atoms with Crippen LogP contribution in [0.15, 0.2) is 36.4 Å². The number of hydrogen-bond donors (Lipinski definition) is 1. The molecule has 0 heterocycles. The van der Waals surface area contributed by atoms with Gasteiger partial charge in [-0.1, -0.05) is 35.3 Å². The molecule has 5 nitrogen and oxygen atoms in total. The van der Waals surface area contributed by atoms with Gasteiger partial charge in [0.1, 0.15) is 0 Å². The van der Waals surface area contributed by atoms with E-state index in [9.17, 15) is 13.6 Å². The molecule has 1 N–H and O–H groups in total. The molecule has 0 spiro atoms. The molecule has 0 radical (unpaired) electrons. The Kier molecular flexibility index (Phi) is 6.88. The highest BCUT2D eigenvalue weighted by Gasteiger charge is 2.15. The van der Waals surface area contributed by atoms with Crippen molar-refractivity contribution in [3.8, 4) is 11.5 Å². The smallest absolute Gasteiger partial charge is 0.387 e. The zero-order valence-electron chi connectivity index (χ0n) is 13.9. The summed E-state index contributed by atoms with van der Waals surface area (Å²) in [6.45, 7) is -2.80. The summed E-state index contributed by atoms with van der Waals surface area (Å²) in [5, 5.41) is 3.35. The summed E-state index contributed by atoms with van der Waals surface area (Å²) in [5.74, 6) is -0.0526. The van der Waals surface area contributed by atoms with Crippen molar-refractivity contribution in [3.05, 3.63) is 52.0 Å². The summed E-state index contributed by atoms with van der Waals surface area (Å²) >= 11 is 12.1. The summed E-state index contributed by atoms with van der Waals surface area (Å²) in [4.78, 5) is 13.7. The molecule has 0 aliphatic rings. The maximum Gasteiger partial charge on any atom is 0.387 e. The SMILES string of the molecule is COc1ccc(NC(=O)N(C)Cc2cccc(Cl)c2Cl)cc1OC(F)F. The van der Waals surface area contributed by atoms with Crippen LogP contribution in [0.25, 0.3) is 0 Å². The minimum Gasteiger partial charge on any atom is -0.493 e. The molecule has 0 aliphatic heterocycles. The number of alkyl halides is 2. The fraction of sp³-hybridized carbons (Fsp3) is 0.235. The minimum atomic E-state index is -3.01. The van der Waals surface area contributed by atoms with Crippen LogP contribution in [0.1, 0.15) is 5.56 Å². The standard InChI is InChI=1S/C17H16Cl2F2N2O3/c1-23(9-10-4-3-5-12(18)15(10)19)17(24)22-11-6-7-13(25-2)14(8-11)26-16(20)21/h3-8,16H,9H2,1-2H3,(H,22,24). The monoisotopic (exact) mass is 404 g/mol. The van der Waals surface area contributed by atoms with Crippen LogP contribution in [0, 0.1) is 0 Å². The predicted molar refractivity (Wildman–Crippen MR) is 96.6 cm³/mol. The number of rotatable bonds is 6. The van der Waals surface area contributed by atoms with Crippen molar-refractivity contribution >= 4 is 34.9 Å². The van der Waals surface area contributed by atoms with E-state index in [1.165, 1.54) is 30.2 Å². The molecule has 0 saturated carbocycles. The van der Waals surface area contributed by atoms with Crippen LogP contribution in [-0.2, 0) is 6.54 Å². The molecule has 2 aromatic rings. The van der Waals surface area contributed by atoms with Crippen LogP contribution in [-0.4, -0.2) is 31.7 Å². The third-order valence-electron chi connectivity index (χ3n) is 3.42. The molecule has 0 bridgehead atoms. The summed E-state index contributed by atoms with van der Waals surface area (Å²) in [6.07, 6.45) is 0. The second kappa shape index (κ2) is 8.91. The van der Waals surface area contributed by atoms with E-state index in [0.29, 0.717) is 15.6 Å². The first-order chi connectivity index (χ1) is 12.3. The summed E-state index contributed by atoms with van der Waals surface area (Å²) in [5.41, 5.74) is 0.948. The molecule has 0 unspecified atom stereocenters. The molecule has 0 aromatic heterocycles. The van der Waals surface area contributed by atoms with Crippen LogP contribution in [0.5, 0.6) is 11.5 Å². The van der Waals surface area contributed by atoms with Gasteiger partial charge in [-0.2, -0.15) is 8.78 Å². The van der Waals surface area contributed by atoms with Gasteiger partial charge < -0.3 is 19.7 Å². The van der Waals surface area contributed by atoms with Gasteiger partial charge in [-0.15, -0.1) is 0 Å². The Morgan fingerprint density at radius 3 is 2.62 bits per heavy atom. The Balaban J connectivity index is 2.09. The molecule has 0 saturated heterocycles. The van der Waals surface area contributed by atoms with E-state index in [1.54, 1.807) is 25.2 Å². The Labute approximate surface area is 159 Å². The lowest BCUT2D eigenvalue weighted by Crippen LogP contribution is -2.31. The first kappa shape index (κ1) is 20.1. The Bertz CT molecular complexity index is 791. The van der Waals surface area contributed by atoms with Gasteiger partial charge in [0.2, 0.25) is 0 Å². The molecule has 0 fully saturated rings. The van der Waals surface area contributed by atoms with E-state index in [2.05, 4.69) is 10.1 Å². The highest BCUT2D eigenvalue weighted by molar-refractivity contribution is 6.42. The zero-order chi connectivity index (χ0) is 19.3. The van der Waals surface area contributed by atoms with Crippen molar-refractivity contribution in [1.29, 1.82) is 0 Å². The maximum atomic E-state index is 12.5. The van der Waals surface area contributed by atoms with E-state index in [4.69, 9.17) is 27.9 Å². The van der Waals surface area contributed by atoms with Gasteiger partial charge in [0.15, 0.2) is 11.5 Å². The quantitative estimate of drug-likeness (QED) is 0.713. The van der Waals surface area contributed by atoms with Gasteiger partial charge in [0.05, 0.1) is 17.2 Å². The zero-order valence-corrected chi connectivity index (χ0v) is 15.4. The van der Waals surface area contributed by atoms with E-state index in [-0.39, 0.29) is 23.7 Å². The molecule has 2 aromatic carbocycles. The van der Waals surface area contributed by atoms with Gasteiger partial charge in [0.25, 0.3) is 0 Å². The molecular weight excluding hydrogens is 389 g/mol. The van der Waals surface area contributed by atoms with Crippen LogP contribution in [0.3, 0.4) is 0 Å². The number of nitrogens with one attached hydrogen (secondary N) is 1. The van der Waals surface area contributed by atoms with Crippen molar-refractivity contribution in [2.24, 2.45) is 0 Å². The largest absolute Gasteiger partial charge is 0.493 e. The highest BCUT2D eigenvalue weighted by Crippen LogP contribution is 2.32. The van der Waals surface area contributed by atoms with Crippen LogP contribution >= 0.6 is 23.2 Å². The number of ether oxygens (including phenoxy) is 2. The number of hydrogen-bond acceptors (Lipinski definition) is 3. The number of urea groups is 1. The predicted octanol–water partition coefficient (Wildman–Crippen LogP) is 5.27. The molecule has 2 amide bonds. The maximum absolute atomic E-state index is 12.5. The number of carbonyl (C=O) groups is 1. The first-order valence-electron chi connectivity index (χ1n) is 7.39. The van der Waals surface area contributed by atoms with Crippen molar-refractivity contribution in [2.45, 2.75) is 13.2 Å². The second-order valence-corrected chi connectivity index (χ2v) is 6.03. The van der Waals surface area contributed by atoms with Crippen molar-refractivity contribution in [1.82, 2.24) is 4.90 Å². The Hall–Kier alpha value is -2.25. The van der Waals surface area contributed by atoms with Crippen LogP contribution < -0.4 is 14.8 Å². The number of nitrogens with zero attached hydrogens (tertiary/aromatic N) is 1. The number of benzene rings is 2. The molecule has 140 valence electrons. The van der Waals surface area contributed by atoms with E-state index in [1.807, 2.05) is 0 Å². The molecule has 9 heteroatoms. The summed E-state index contributed by atoms with van der Waals surface area (Å²) < 4.78 is 34.3. The lowest BCUT2D eigenvalue weighted by atomic mass is 10.2. The highest BCUT2D eigenvalue weighted by atomic mass is 35.5. The number of anilines is 1. The number of amides is 2. The van der Waals surface area contributed by atoms with Gasteiger partial charge >= 0.3 is 12.6 Å². The third kappa shape index (κ3) is 5.12. The average Bonchev–Trinajstić information content (AvgIpc) is 2.58. The van der Waals surface area contributed by atoms with E-state index in [0.717, 1.165) is 0 Å². The topological polar surface area (TPSA) is 50.8 Å². The second-order valence-electron chi connectivity index (χ2n) is 5.24. The minimum absolute atomic E-state index is 0.127. The molecule has 26 heavy (non-hydrogen) atoms. The fourth-order valence-electron chi connectivity index (χ4n) is 2.16. The van der Waals surface area contributed by atoms with E-state index >= 15 is 0 Å². The molecule has 0 aliphatic carbocycles. The van der Waals surface area contributed by atoms with Crippen molar-refractivity contribution in [2.75, 3.05) is 19.5 Å². The Morgan fingerprint density at radius 1 is 1.23 bits per heavy atom. The summed E-state index contributed by atoms with van der Waals surface area (Å²) in [6, 6.07) is 8.84. The third-order valence-corrected chi connectivity index (χ3v) is 4.27. The van der Waals surface area contributed by atoms with Crippen LogP contribution in [0.2, 0.25) is 10.0 Å². The average molecular weight is 405 g/mol. The number of carbonyl (C=O) groups excluding carboxylic acids is 1. The Morgan fingerprint density at radius 2 is 1.96 bits per heavy atom. The fourth-order valence-corrected chi connectivity index (χ4v) is 2.54. The lowest BCUT2D eigenvalue weighted by molar-refractivity contribution is -0.0511. The van der Waals surface area contributed by atoms with Gasteiger partial charge in [0, 0.05) is 25.3 Å². The summed E-state index contributed by atoms with van der Waals surface area (Å²) in [7, 11) is 2.89. The first-order valence-corrected chi connectivity index (χ1v) is 8.15. The van der Waals surface area contributed by atoms with Crippen molar-refractivity contribution in [3.63, 3.8) is 0 Å². The van der Waals surface area contributed by atoms with Gasteiger partial charge in [-0.25, -0.2) is 4.79 Å². The molecular formula is C17H16Cl2F2N2O3. The molecule has 2 rings (SSSR count). The van der Waals surface area contributed by atoms with Gasteiger partial charge in [-0.3, -0.25) is 0 Å². The van der Waals surface area contributed by atoms with E-state index < -0.39 is 12.6 Å². The number of halogens is 4. The number of methoxy groups -OCH3 is 1. The van der Waals surface area contributed by atoms with Gasteiger partial charge in [-0.05, 0) is 23.8 Å². The van der Waals surface area contributed by atoms with Crippen LogP contribution in [0.4, 0.5) is 19.3 Å².